The molecule has 0 radical (unpaired) electrons. The van der Waals surface area contributed by atoms with Crippen molar-refractivity contribution in [1.82, 2.24) is 25.4 Å². The number of halogens is 1. The molecule has 2 atom stereocenters. The van der Waals surface area contributed by atoms with Crippen LogP contribution in [0.3, 0.4) is 0 Å². The molecule has 0 saturated carbocycles. The fourth-order valence-electron chi connectivity index (χ4n) is 3.66. The van der Waals surface area contributed by atoms with E-state index in [9.17, 15) is 0 Å². The normalized spacial score (nSPS) is 19.5. The smallest absolute Gasteiger partial charge is 0.191 e. The van der Waals surface area contributed by atoms with Crippen molar-refractivity contribution in [3.8, 4) is 0 Å². The van der Waals surface area contributed by atoms with E-state index >= 15 is 0 Å². The van der Waals surface area contributed by atoms with Gasteiger partial charge >= 0.3 is 0 Å². The van der Waals surface area contributed by atoms with Crippen molar-refractivity contribution in [2.24, 2.45) is 10.9 Å². The minimum absolute atomic E-state index is 0. The first-order chi connectivity index (χ1) is 13.7. The molecule has 1 aromatic carbocycles. The Balaban J connectivity index is 0.00000300. The SMILES string of the molecule is CCc1nncn1CCNC(=NC)NCC1CCCOC1c1ccc(C)cc1.I. The molecule has 0 bridgehead atoms. The van der Waals surface area contributed by atoms with E-state index in [1.165, 1.54) is 11.1 Å². The zero-order valence-electron chi connectivity index (χ0n) is 17.6. The Labute approximate surface area is 190 Å². The largest absolute Gasteiger partial charge is 0.373 e. The Morgan fingerprint density at radius 1 is 1.28 bits per heavy atom. The Morgan fingerprint density at radius 3 is 2.79 bits per heavy atom. The molecule has 0 spiro atoms. The Kier molecular flexibility index (Phi) is 9.86. The van der Waals surface area contributed by atoms with Gasteiger partial charge in [0.2, 0.25) is 0 Å². The van der Waals surface area contributed by atoms with E-state index < -0.39 is 0 Å². The highest BCUT2D eigenvalue weighted by molar-refractivity contribution is 14.0. The molecule has 1 fully saturated rings. The molecule has 0 amide bonds. The van der Waals surface area contributed by atoms with Crippen molar-refractivity contribution in [3.63, 3.8) is 0 Å². The molecule has 8 heteroatoms. The lowest BCUT2D eigenvalue weighted by molar-refractivity contribution is -0.0265. The maximum absolute atomic E-state index is 6.12. The topological polar surface area (TPSA) is 76.4 Å². The number of hydrogen-bond acceptors (Lipinski definition) is 4. The highest BCUT2D eigenvalue weighted by atomic mass is 127. The quantitative estimate of drug-likeness (QED) is 0.339. The molecule has 1 saturated heterocycles. The van der Waals surface area contributed by atoms with Crippen LogP contribution in [0.25, 0.3) is 0 Å². The molecule has 7 nitrogen and oxygen atoms in total. The van der Waals surface area contributed by atoms with Crippen LogP contribution in [0.4, 0.5) is 0 Å². The number of aryl methyl sites for hydroxylation is 2. The van der Waals surface area contributed by atoms with Crippen LogP contribution in [-0.4, -0.2) is 47.5 Å². The summed E-state index contributed by atoms with van der Waals surface area (Å²) in [5.41, 5.74) is 2.54. The first-order valence-corrected chi connectivity index (χ1v) is 10.2. The van der Waals surface area contributed by atoms with Crippen LogP contribution in [0.15, 0.2) is 35.6 Å². The number of aliphatic imine (C=N–C) groups is 1. The van der Waals surface area contributed by atoms with E-state index in [2.05, 4.69) is 68.5 Å². The molecular formula is C21H33IN6O. The number of ether oxygens (including phenoxy) is 1. The fraction of sp³-hybridized carbons (Fsp3) is 0.571. The average molecular weight is 512 g/mol. The molecular weight excluding hydrogens is 479 g/mol. The lowest BCUT2D eigenvalue weighted by Gasteiger charge is -2.32. The molecule has 3 rings (SSSR count). The van der Waals surface area contributed by atoms with E-state index in [1.54, 1.807) is 13.4 Å². The summed E-state index contributed by atoms with van der Waals surface area (Å²) in [5.74, 6) is 2.25. The number of benzene rings is 1. The van der Waals surface area contributed by atoms with Gasteiger partial charge in [0.15, 0.2) is 5.96 Å². The Morgan fingerprint density at radius 2 is 2.07 bits per heavy atom. The molecule has 160 valence electrons. The summed E-state index contributed by atoms with van der Waals surface area (Å²) >= 11 is 0. The highest BCUT2D eigenvalue weighted by Gasteiger charge is 2.27. The number of hydrogen-bond donors (Lipinski definition) is 2. The first-order valence-electron chi connectivity index (χ1n) is 10.2. The molecule has 2 unspecified atom stereocenters. The van der Waals surface area contributed by atoms with Crippen molar-refractivity contribution in [2.75, 3.05) is 26.7 Å². The van der Waals surface area contributed by atoms with Crippen LogP contribution in [-0.2, 0) is 17.7 Å². The van der Waals surface area contributed by atoms with Gasteiger partial charge in [-0.1, -0.05) is 36.8 Å². The predicted molar refractivity (Wildman–Crippen MR) is 127 cm³/mol. The molecule has 2 N–H and O–H groups in total. The third-order valence-electron chi connectivity index (χ3n) is 5.26. The second kappa shape index (κ2) is 12.1. The van der Waals surface area contributed by atoms with Crippen LogP contribution in [0, 0.1) is 12.8 Å². The summed E-state index contributed by atoms with van der Waals surface area (Å²) in [4.78, 5) is 4.36. The van der Waals surface area contributed by atoms with Gasteiger partial charge in [-0.15, -0.1) is 34.2 Å². The minimum atomic E-state index is 0. The van der Waals surface area contributed by atoms with Gasteiger partial charge in [-0.2, -0.15) is 0 Å². The van der Waals surface area contributed by atoms with E-state index in [-0.39, 0.29) is 30.1 Å². The van der Waals surface area contributed by atoms with Crippen LogP contribution < -0.4 is 10.6 Å². The standard InChI is InChI=1S/C21H32N6O.HI/c1-4-19-26-25-15-27(19)12-11-23-21(22-3)24-14-18-6-5-13-28-20(18)17-9-7-16(2)8-10-17;/h7-10,15,18,20H,4-6,11-14H2,1-3H3,(H2,22,23,24);1H. The monoisotopic (exact) mass is 512 g/mol. The summed E-state index contributed by atoms with van der Waals surface area (Å²) in [6.45, 7) is 7.46. The zero-order valence-corrected chi connectivity index (χ0v) is 19.9. The highest BCUT2D eigenvalue weighted by Crippen LogP contribution is 2.33. The van der Waals surface area contributed by atoms with Crippen molar-refractivity contribution in [2.45, 2.75) is 45.8 Å². The molecule has 2 aromatic rings. The van der Waals surface area contributed by atoms with Gasteiger partial charge < -0.3 is 19.9 Å². The molecule has 0 aliphatic carbocycles. The number of nitrogens with one attached hydrogen (secondary N) is 2. The third-order valence-corrected chi connectivity index (χ3v) is 5.26. The summed E-state index contributed by atoms with van der Waals surface area (Å²) < 4.78 is 8.19. The Hall–Kier alpha value is -1.68. The summed E-state index contributed by atoms with van der Waals surface area (Å²) in [7, 11) is 1.81. The van der Waals surface area contributed by atoms with Gasteiger partial charge in [0.1, 0.15) is 12.2 Å². The summed E-state index contributed by atoms with van der Waals surface area (Å²) in [6, 6.07) is 8.70. The van der Waals surface area contributed by atoms with Gasteiger partial charge in [-0.05, 0) is 25.3 Å². The zero-order chi connectivity index (χ0) is 19.8. The number of guanidine groups is 1. The van der Waals surface area contributed by atoms with Gasteiger partial charge in [0.25, 0.3) is 0 Å². The van der Waals surface area contributed by atoms with E-state index in [0.29, 0.717) is 5.92 Å². The van der Waals surface area contributed by atoms with Crippen LogP contribution >= 0.6 is 24.0 Å². The molecule has 2 heterocycles. The molecule has 1 aliphatic heterocycles. The molecule has 29 heavy (non-hydrogen) atoms. The van der Waals surface area contributed by atoms with E-state index in [1.807, 2.05) is 0 Å². The predicted octanol–water partition coefficient (Wildman–Crippen LogP) is 3.10. The number of aromatic nitrogens is 3. The lowest BCUT2D eigenvalue weighted by atomic mass is 9.89. The number of nitrogens with zero attached hydrogens (tertiary/aromatic N) is 4. The summed E-state index contributed by atoms with van der Waals surface area (Å²) in [5, 5.41) is 15.0. The van der Waals surface area contributed by atoms with Gasteiger partial charge in [-0.3, -0.25) is 4.99 Å². The van der Waals surface area contributed by atoms with Crippen molar-refractivity contribution < 1.29 is 4.74 Å². The average Bonchev–Trinajstić information content (AvgIpc) is 3.19. The van der Waals surface area contributed by atoms with Gasteiger partial charge in [0, 0.05) is 45.6 Å². The van der Waals surface area contributed by atoms with Gasteiger partial charge in [0.05, 0.1) is 6.10 Å². The fourth-order valence-corrected chi connectivity index (χ4v) is 3.66. The third kappa shape index (κ3) is 6.67. The molecule has 1 aliphatic rings. The van der Waals surface area contributed by atoms with Crippen LogP contribution in [0.2, 0.25) is 0 Å². The van der Waals surface area contributed by atoms with Crippen molar-refractivity contribution in [1.29, 1.82) is 0 Å². The maximum atomic E-state index is 6.12. The molecule has 1 aromatic heterocycles. The lowest BCUT2D eigenvalue weighted by Crippen LogP contribution is -2.42. The van der Waals surface area contributed by atoms with E-state index in [4.69, 9.17) is 4.74 Å². The van der Waals surface area contributed by atoms with Crippen LogP contribution in [0.5, 0.6) is 0 Å². The minimum Gasteiger partial charge on any atom is -0.373 e. The maximum Gasteiger partial charge on any atom is 0.191 e. The number of rotatable bonds is 7. The van der Waals surface area contributed by atoms with Crippen LogP contribution in [0.1, 0.15) is 42.8 Å². The van der Waals surface area contributed by atoms with E-state index in [0.717, 1.165) is 57.3 Å². The van der Waals surface area contributed by atoms with Crippen molar-refractivity contribution >= 4 is 29.9 Å². The van der Waals surface area contributed by atoms with Crippen molar-refractivity contribution in [3.05, 3.63) is 47.5 Å². The second-order valence-corrected chi connectivity index (χ2v) is 7.28. The second-order valence-electron chi connectivity index (χ2n) is 7.28. The summed E-state index contributed by atoms with van der Waals surface area (Å²) in [6.07, 6.45) is 5.07. The first kappa shape index (κ1) is 23.6. The Bertz CT molecular complexity index is 761. The van der Waals surface area contributed by atoms with Gasteiger partial charge in [-0.25, -0.2) is 0 Å².